The normalized spacial score (nSPS) is 10.3. The third kappa shape index (κ3) is 2.75. The molecule has 0 aromatic heterocycles. The summed E-state index contributed by atoms with van der Waals surface area (Å²) in [6.45, 7) is 2.17. The number of carbonyl (C=O) groups is 1. The molecule has 0 aliphatic rings. The number of nitrogens with two attached hydrogens (primary N) is 1. The molecule has 0 saturated carbocycles. The third-order valence-corrected chi connectivity index (χ3v) is 3.18. The zero-order valence-corrected chi connectivity index (χ0v) is 11.7. The highest BCUT2D eigenvalue weighted by molar-refractivity contribution is 6.31. The molecule has 20 heavy (non-hydrogen) atoms. The Morgan fingerprint density at radius 3 is 2.65 bits per heavy atom. The lowest BCUT2D eigenvalue weighted by Crippen LogP contribution is -2.32. The van der Waals surface area contributed by atoms with Crippen LogP contribution in [0, 0.1) is 5.82 Å². The van der Waals surface area contributed by atoms with Crippen molar-refractivity contribution in [1.29, 1.82) is 0 Å². The van der Waals surface area contributed by atoms with E-state index in [9.17, 15) is 9.18 Å². The van der Waals surface area contributed by atoms with Crippen molar-refractivity contribution in [2.45, 2.75) is 6.92 Å². The zero-order valence-electron chi connectivity index (χ0n) is 10.9. The van der Waals surface area contributed by atoms with Crippen LogP contribution >= 0.6 is 11.6 Å². The van der Waals surface area contributed by atoms with Crippen molar-refractivity contribution in [3.8, 4) is 0 Å². The van der Waals surface area contributed by atoms with Gasteiger partial charge in [0.1, 0.15) is 5.82 Å². The second-order valence-corrected chi connectivity index (χ2v) is 4.67. The molecule has 5 heteroatoms. The number of hydrogen-bond donors (Lipinski definition) is 1. The van der Waals surface area contributed by atoms with E-state index in [0.29, 0.717) is 22.9 Å². The van der Waals surface area contributed by atoms with Crippen LogP contribution in [0.3, 0.4) is 0 Å². The van der Waals surface area contributed by atoms with Gasteiger partial charge in [0.25, 0.3) is 5.91 Å². The summed E-state index contributed by atoms with van der Waals surface area (Å²) in [5, 5.41) is 0.312. The molecule has 0 heterocycles. The molecule has 104 valence electrons. The van der Waals surface area contributed by atoms with Crippen molar-refractivity contribution in [3.05, 3.63) is 58.9 Å². The maximum atomic E-state index is 13.8. The summed E-state index contributed by atoms with van der Waals surface area (Å²) in [6, 6.07) is 10.9. The van der Waals surface area contributed by atoms with Gasteiger partial charge in [0, 0.05) is 11.6 Å². The lowest BCUT2D eigenvalue weighted by Gasteiger charge is -2.23. The molecular formula is C15H14ClFN2O. The molecule has 0 bridgehead atoms. The van der Waals surface area contributed by atoms with Crippen molar-refractivity contribution < 1.29 is 9.18 Å². The summed E-state index contributed by atoms with van der Waals surface area (Å²) in [5.41, 5.74) is 6.82. The van der Waals surface area contributed by atoms with Crippen molar-refractivity contribution in [2.24, 2.45) is 0 Å². The maximum Gasteiger partial charge on any atom is 0.261 e. The van der Waals surface area contributed by atoms with Crippen LogP contribution in [-0.4, -0.2) is 12.5 Å². The van der Waals surface area contributed by atoms with Crippen LogP contribution in [0.2, 0.25) is 5.02 Å². The molecule has 3 nitrogen and oxygen atoms in total. The molecule has 1 amide bonds. The van der Waals surface area contributed by atoms with Crippen LogP contribution in [0.15, 0.2) is 42.5 Å². The summed E-state index contributed by atoms with van der Waals surface area (Å²) in [6.07, 6.45) is 0. The van der Waals surface area contributed by atoms with Crippen LogP contribution in [0.1, 0.15) is 17.3 Å². The SMILES string of the molecule is CCN(C(=O)c1cc(Cl)ccc1F)c1ccccc1N. The summed E-state index contributed by atoms with van der Waals surface area (Å²) < 4.78 is 13.8. The number of nitrogen functional groups attached to an aromatic ring is 1. The molecule has 0 saturated heterocycles. The number of para-hydroxylation sites is 2. The van der Waals surface area contributed by atoms with E-state index in [1.54, 1.807) is 31.2 Å². The second kappa shape index (κ2) is 5.92. The Hall–Kier alpha value is -2.07. The highest BCUT2D eigenvalue weighted by Crippen LogP contribution is 2.25. The highest BCUT2D eigenvalue weighted by Gasteiger charge is 2.21. The Kier molecular flexibility index (Phi) is 4.25. The topological polar surface area (TPSA) is 46.3 Å². The van der Waals surface area contributed by atoms with Gasteiger partial charge in [0.05, 0.1) is 16.9 Å². The first-order valence-corrected chi connectivity index (χ1v) is 6.53. The fourth-order valence-electron chi connectivity index (χ4n) is 1.96. The fourth-order valence-corrected chi connectivity index (χ4v) is 2.14. The molecule has 2 aromatic carbocycles. The van der Waals surface area contributed by atoms with Crippen molar-refractivity contribution in [2.75, 3.05) is 17.2 Å². The number of amides is 1. The third-order valence-electron chi connectivity index (χ3n) is 2.95. The molecule has 0 spiro atoms. The minimum Gasteiger partial charge on any atom is -0.397 e. The van der Waals surface area contributed by atoms with E-state index in [1.807, 2.05) is 0 Å². The molecule has 0 unspecified atom stereocenters. The lowest BCUT2D eigenvalue weighted by molar-refractivity contribution is 0.0984. The Morgan fingerprint density at radius 2 is 2.00 bits per heavy atom. The number of benzene rings is 2. The minimum atomic E-state index is -0.604. The summed E-state index contributed by atoms with van der Waals surface area (Å²) in [7, 11) is 0. The smallest absolute Gasteiger partial charge is 0.261 e. The van der Waals surface area contributed by atoms with Crippen LogP contribution < -0.4 is 10.6 Å². The lowest BCUT2D eigenvalue weighted by atomic mass is 10.1. The van der Waals surface area contributed by atoms with E-state index in [1.165, 1.54) is 23.1 Å². The van der Waals surface area contributed by atoms with Gasteiger partial charge in [-0.1, -0.05) is 23.7 Å². The molecule has 2 aromatic rings. The zero-order chi connectivity index (χ0) is 14.7. The first kappa shape index (κ1) is 14.3. The first-order chi connectivity index (χ1) is 9.54. The Balaban J connectivity index is 2.45. The fraction of sp³-hybridized carbons (Fsp3) is 0.133. The Morgan fingerprint density at radius 1 is 1.30 bits per heavy atom. The summed E-state index contributed by atoms with van der Waals surface area (Å²) in [4.78, 5) is 13.9. The van der Waals surface area contributed by atoms with E-state index < -0.39 is 11.7 Å². The quantitative estimate of drug-likeness (QED) is 0.876. The van der Waals surface area contributed by atoms with Crippen molar-refractivity contribution >= 4 is 28.9 Å². The van der Waals surface area contributed by atoms with E-state index in [4.69, 9.17) is 17.3 Å². The monoisotopic (exact) mass is 292 g/mol. The molecule has 2 rings (SSSR count). The van der Waals surface area contributed by atoms with Crippen LogP contribution in [0.5, 0.6) is 0 Å². The average Bonchev–Trinajstić information content (AvgIpc) is 2.44. The van der Waals surface area contributed by atoms with Gasteiger partial charge in [-0.3, -0.25) is 4.79 Å². The molecular weight excluding hydrogens is 279 g/mol. The van der Waals surface area contributed by atoms with Gasteiger partial charge >= 0.3 is 0 Å². The van der Waals surface area contributed by atoms with Crippen molar-refractivity contribution in [1.82, 2.24) is 0 Å². The van der Waals surface area contributed by atoms with Gasteiger partial charge < -0.3 is 10.6 Å². The molecule has 0 fully saturated rings. The van der Waals surface area contributed by atoms with E-state index in [0.717, 1.165) is 0 Å². The number of hydrogen-bond acceptors (Lipinski definition) is 2. The van der Waals surface area contributed by atoms with Gasteiger partial charge in [0.2, 0.25) is 0 Å². The Bertz CT molecular complexity index is 646. The maximum absolute atomic E-state index is 13.8. The summed E-state index contributed by atoms with van der Waals surface area (Å²) in [5.74, 6) is -1.07. The molecule has 0 aliphatic carbocycles. The minimum absolute atomic E-state index is 0.0670. The predicted octanol–water partition coefficient (Wildman–Crippen LogP) is 3.73. The molecule has 0 aliphatic heterocycles. The van der Waals surface area contributed by atoms with E-state index in [2.05, 4.69) is 0 Å². The van der Waals surface area contributed by atoms with E-state index >= 15 is 0 Å². The Labute approximate surface area is 121 Å². The van der Waals surface area contributed by atoms with Crippen LogP contribution in [-0.2, 0) is 0 Å². The van der Waals surface area contributed by atoms with Crippen LogP contribution in [0.25, 0.3) is 0 Å². The summed E-state index contributed by atoms with van der Waals surface area (Å²) >= 11 is 5.82. The van der Waals surface area contributed by atoms with E-state index in [-0.39, 0.29) is 5.56 Å². The number of nitrogens with zero attached hydrogens (tertiary/aromatic N) is 1. The molecule has 2 N–H and O–H groups in total. The van der Waals surface area contributed by atoms with Crippen LogP contribution in [0.4, 0.5) is 15.8 Å². The number of anilines is 2. The average molecular weight is 293 g/mol. The van der Waals surface area contributed by atoms with Gasteiger partial charge in [-0.05, 0) is 37.3 Å². The van der Waals surface area contributed by atoms with Crippen molar-refractivity contribution in [3.63, 3.8) is 0 Å². The number of halogens is 2. The second-order valence-electron chi connectivity index (χ2n) is 4.23. The standard InChI is InChI=1S/C15H14ClFN2O/c1-2-19(14-6-4-3-5-13(14)18)15(20)11-9-10(16)7-8-12(11)17/h3-9H,2,18H2,1H3. The molecule has 0 atom stereocenters. The predicted molar refractivity (Wildman–Crippen MR) is 79.6 cm³/mol. The molecule has 0 radical (unpaired) electrons. The highest BCUT2D eigenvalue weighted by atomic mass is 35.5. The van der Waals surface area contributed by atoms with Gasteiger partial charge in [0.15, 0.2) is 0 Å². The van der Waals surface area contributed by atoms with Gasteiger partial charge in [-0.25, -0.2) is 4.39 Å². The first-order valence-electron chi connectivity index (χ1n) is 6.16. The number of carbonyl (C=O) groups excluding carboxylic acids is 1. The van der Waals surface area contributed by atoms with Gasteiger partial charge in [-0.15, -0.1) is 0 Å². The largest absolute Gasteiger partial charge is 0.397 e. The van der Waals surface area contributed by atoms with Gasteiger partial charge in [-0.2, -0.15) is 0 Å². The number of rotatable bonds is 3.